The van der Waals surface area contributed by atoms with Crippen LogP contribution in [0.25, 0.3) is 0 Å². The molecule has 0 bridgehead atoms. The Hall–Kier alpha value is -1.79. The predicted molar refractivity (Wildman–Crippen MR) is 74.7 cm³/mol. The third-order valence-corrected chi connectivity index (χ3v) is 2.92. The average molecular weight is 301 g/mol. The number of halogens is 1. The normalized spacial score (nSPS) is 13.3. The Kier molecular flexibility index (Phi) is 6.27. The molecule has 1 unspecified atom stereocenters. The molecule has 0 saturated carbocycles. The van der Waals surface area contributed by atoms with Gasteiger partial charge in [0, 0.05) is 18.0 Å². The van der Waals surface area contributed by atoms with Crippen molar-refractivity contribution in [3.8, 4) is 0 Å². The summed E-state index contributed by atoms with van der Waals surface area (Å²) in [5.74, 6) is -1.31. The third kappa shape index (κ3) is 5.46. The number of carboxylic acid groups (broad SMARTS) is 1. The molecule has 6 nitrogen and oxygen atoms in total. The van der Waals surface area contributed by atoms with Crippen LogP contribution in [-0.4, -0.2) is 34.9 Å². The number of rotatable bonds is 6. The van der Waals surface area contributed by atoms with E-state index in [4.69, 9.17) is 21.8 Å². The molecule has 0 saturated heterocycles. The summed E-state index contributed by atoms with van der Waals surface area (Å²) in [6, 6.07) is 6.45. The Morgan fingerprint density at radius 1 is 1.40 bits per heavy atom. The highest BCUT2D eigenvalue weighted by Crippen LogP contribution is 2.16. The number of carboxylic acids is 1. The van der Waals surface area contributed by atoms with Crippen molar-refractivity contribution in [2.75, 3.05) is 6.54 Å². The number of carbonyl (C=O) groups is 2. The Balaban J connectivity index is 2.37. The van der Waals surface area contributed by atoms with E-state index in [9.17, 15) is 9.59 Å². The summed E-state index contributed by atoms with van der Waals surface area (Å²) in [6.45, 7) is 1.87. The van der Waals surface area contributed by atoms with Crippen molar-refractivity contribution in [1.29, 1.82) is 0 Å². The van der Waals surface area contributed by atoms with Gasteiger partial charge in [0.1, 0.15) is 0 Å². The third-order valence-electron chi connectivity index (χ3n) is 2.68. The smallest absolute Gasteiger partial charge is 0.332 e. The number of aliphatic hydroxyl groups is 1. The van der Waals surface area contributed by atoms with Gasteiger partial charge >= 0.3 is 12.0 Å². The maximum absolute atomic E-state index is 11.6. The lowest BCUT2D eigenvalue weighted by atomic mass is 10.1. The zero-order chi connectivity index (χ0) is 15.1. The molecule has 0 fully saturated rings. The Labute approximate surface area is 121 Å². The summed E-state index contributed by atoms with van der Waals surface area (Å²) in [5, 5.41) is 23.3. The summed E-state index contributed by atoms with van der Waals surface area (Å²) in [6.07, 6.45) is -1.52. The first-order valence-electron chi connectivity index (χ1n) is 6.11. The lowest BCUT2D eigenvalue weighted by Gasteiger charge is -2.15. The monoisotopic (exact) mass is 300 g/mol. The van der Waals surface area contributed by atoms with Crippen LogP contribution >= 0.6 is 11.6 Å². The highest BCUT2D eigenvalue weighted by Gasteiger charge is 2.14. The van der Waals surface area contributed by atoms with Gasteiger partial charge in [-0.1, -0.05) is 23.7 Å². The highest BCUT2D eigenvalue weighted by atomic mass is 35.5. The molecule has 0 radical (unpaired) electrons. The van der Waals surface area contributed by atoms with Crippen molar-refractivity contribution in [3.63, 3.8) is 0 Å². The number of aliphatic hydroxyl groups excluding tert-OH is 1. The van der Waals surface area contributed by atoms with Crippen LogP contribution < -0.4 is 10.6 Å². The molecule has 0 aromatic heterocycles. The van der Waals surface area contributed by atoms with Crippen molar-refractivity contribution in [2.24, 2.45) is 0 Å². The Bertz CT molecular complexity index is 481. The Morgan fingerprint density at radius 2 is 2.10 bits per heavy atom. The second-order valence-electron chi connectivity index (χ2n) is 4.32. The molecule has 7 heteroatoms. The van der Waals surface area contributed by atoms with Gasteiger partial charge in [0.05, 0.1) is 6.04 Å². The first-order valence-corrected chi connectivity index (χ1v) is 6.48. The maximum Gasteiger partial charge on any atom is 0.332 e. The SMILES string of the molecule is CC(NC(=O)NCC[C@H](O)C(=O)O)c1cccc(Cl)c1. The lowest BCUT2D eigenvalue weighted by molar-refractivity contribution is -0.146. The molecule has 2 amide bonds. The van der Waals surface area contributed by atoms with E-state index in [2.05, 4.69) is 10.6 Å². The van der Waals surface area contributed by atoms with Crippen LogP contribution in [0.1, 0.15) is 24.9 Å². The molecule has 0 heterocycles. The van der Waals surface area contributed by atoms with Crippen molar-refractivity contribution in [3.05, 3.63) is 34.9 Å². The van der Waals surface area contributed by atoms with Crippen LogP contribution in [-0.2, 0) is 4.79 Å². The van der Waals surface area contributed by atoms with Gasteiger partial charge in [-0.05, 0) is 24.6 Å². The number of nitrogens with one attached hydrogen (secondary N) is 2. The summed E-state index contributed by atoms with van der Waals surface area (Å²) in [4.78, 5) is 22.0. The minimum absolute atomic E-state index is 0.0473. The van der Waals surface area contributed by atoms with Crippen LogP contribution in [0, 0.1) is 0 Å². The van der Waals surface area contributed by atoms with Crippen LogP contribution in [0.5, 0.6) is 0 Å². The molecular formula is C13H17ClN2O4. The summed E-state index contributed by atoms with van der Waals surface area (Å²) < 4.78 is 0. The van der Waals surface area contributed by atoms with Crippen molar-refractivity contribution >= 4 is 23.6 Å². The highest BCUT2D eigenvalue weighted by molar-refractivity contribution is 6.30. The van der Waals surface area contributed by atoms with E-state index in [0.29, 0.717) is 5.02 Å². The van der Waals surface area contributed by atoms with E-state index in [1.807, 2.05) is 6.07 Å². The van der Waals surface area contributed by atoms with E-state index in [0.717, 1.165) is 5.56 Å². The predicted octanol–water partition coefficient (Wildman–Crippen LogP) is 1.54. The molecule has 0 aliphatic heterocycles. The summed E-state index contributed by atoms with van der Waals surface area (Å²) in [7, 11) is 0. The van der Waals surface area contributed by atoms with Crippen LogP contribution in [0.15, 0.2) is 24.3 Å². The minimum Gasteiger partial charge on any atom is -0.479 e. The van der Waals surface area contributed by atoms with Crippen LogP contribution in [0.4, 0.5) is 4.79 Å². The number of amides is 2. The summed E-state index contributed by atoms with van der Waals surface area (Å²) >= 11 is 5.86. The van der Waals surface area contributed by atoms with Gasteiger partial charge in [0.2, 0.25) is 0 Å². The topological polar surface area (TPSA) is 98.7 Å². The fourth-order valence-electron chi connectivity index (χ4n) is 1.55. The largest absolute Gasteiger partial charge is 0.479 e. The molecule has 1 rings (SSSR count). The quantitative estimate of drug-likeness (QED) is 0.640. The first kappa shape index (κ1) is 16.3. The van der Waals surface area contributed by atoms with Crippen LogP contribution in [0.2, 0.25) is 5.02 Å². The second kappa shape index (κ2) is 7.72. The maximum atomic E-state index is 11.6. The molecule has 20 heavy (non-hydrogen) atoms. The molecule has 1 aromatic carbocycles. The van der Waals surface area contributed by atoms with Gasteiger partial charge in [-0.25, -0.2) is 9.59 Å². The standard InChI is InChI=1S/C13H17ClN2O4/c1-8(9-3-2-4-10(14)7-9)16-13(20)15-6-5-11(17)12(18)19/h2-4,7-8,11,17H,5-6H2,1H3,(H,18,19)(H2,15,16,20)/t8?,11-/m0/s1. The first-order chi connectivity index (χ1) is 9.40. The molecule has 0 aliphatic carbocycles. The molecule has 2 atom stereocenters. The second-order valence-corrected chi connectivity index (χ2v) is 4.76. The zero-order valence-electron chi connectivity index (χ0n) is 11.0. The number of carbonyl (C=O) groups excluding carboxylic acids is 1. The van der Waals surface area contributed by atoms with E-state index < -0.39 is 18.1 Å². The Morgan fingerprint density at radius 3 is 2.70 bits per heavy atom. The number of benzene rings is 1. The number of hydrogen-bond donors (Lipinski definition) is 4. The molecule has 0 aliphatic rings. The lowest BCUT2D eigenvalue weighted by Crippen LogP contribution is -2.39. The van der Waals surface area contributed by atoms with Gasteiger partial charge < -0.3 is 20.8 Å². The minimum atomic E-state index is -1.47. The van der Waals surface area contributed by atoms with Crippen molar-refractivity contribution in [2.45, 2.75) is 25.5 Å². The number of hydrogen-bond acceptors (Lipinski definition) is 3. The van der Waals surface area contributed by atoms with Gasteiger partial charge in [-0.3, -0.25) is 0 Å². The number of urea groups is 1. The van der Waals surface area contributed by atoms with Crippen molar-refractivity contribution in [1.82, 2.24) is 10.6 Å². The molecular weight excluding hydrogens is 284 g/mol. The fourth-order valence-corrected chi connectivity index (χ4v) is 1.75. The van der Waals surface area contributed by atoms with Gasteiger partial charge in [0.25, 0.3) is 0 Å². The van der Waals surface area contributed by atoms with E-state index in [1.54, 1.807) is 25.1 Å². The van der Waals surface area contributed by atoms with E-state index in [1.165, 1.54) is 0 Å². The van der Waals surface area contributed by atoms with Gasteiger partial charge in [-0.2, -0.15) is 0 Å². The average Bonchev–Trinajstić information content (AvgIpc) is 2.38. The zero-order valence-corrected chi connectivity index (χ0v) is 11.7. The van der Waals surface area contributed by atoms with Gasteiger partial charge in [-0.15, -0.1) is 0 Å². The number of aliphatic carboxylic acids is 1. The van der Waals surface area contributed by atoms with Gasteiger partial charge in [0.15, 0.2) is 6.10 Å². The molecule has 110 valence electrons. The molecule has 0 spiro atoms. The fraction of sp³-hybridized carbons (Fsp3) is 0.385. The van der Waals surface area contributed by atoms with Crippen molar-refractivity contribution < 1.29 is 19.8 Å². The van der Waals surface area contributed by atoms with E-state index in [-0.39, 0.29) is 19.0 Å². The molecule has 4 N–H and O–H groups in total. The molecule has 1 aromatic rings. The summed E-state index contributed by atoms with van der Waals surface area (Å²) in [5.41, 5.74) is 0.859. The van der Waals surface area contributed by atoms with Crippen LogP contribution in [0.3, 0.4) is 0 Å². The van der Waals surface area contributed by atoms with E-state index >= 15 is 0 Å².